The fraction of sp³-hybridized carbons (Fsp3) is 0.542. The topological polar surface area (TPSA) is 32.8 Å². The standard InChI is InChI=1S/C24H38N2O2/c1-6-8-13-23(20-27)26(5)19-22-18-24(15-14-21(22)7-2)28-17-12-10-9-11-16-25(3)4/h6-7,14-15,18,20,23H,1-2,8-13,16-17,19H2,3-5H3. The maximum Gasteiger partial charge on any atom is 0.137 e. The van der Waals surface area contributed by atoms with Crippen LogP contribution in [0.2, 0.25) is 0 Å². The molecular formula is C24H38N2O2. The Morgan fingerprint density at radius 3 is 2.50 bits per heavy atom. The monoisotopic (exact) mass is 386 g/mol. The summed E-state index contributed by atoms with van der Waals surface area (Å²) in [4.78, 5) is 15.7. The Hall–Kier alpha value is -1.91. The van der Waals surface area contributed by atoms with E-state index in [9.17, 15) is 4.79 Å². The summed E-state index contributed by atoms with van der Waals surface area (Å²) < 4.78 is 5.96. The van der Waals surface area contributed by atoms with Crippen LogP contribution in [0.1, 0.15) is 49.7 Å². The largest absolute Gasteiger partial charge is 0.494 e. The highest BCUT2D eigenvalue weighted by atomic mass is 16.5. The molecular weight excluding hydrogens is 348 g/mol. The van der Waals surface area contributed by atoms with Crippen LogP contribution >= 0.6 is 0 Å². The van der Waals surface area contributed by atoms with Gasteiger partial charge in [0.25, 0.3) is 0 Å². The molecule has 0 aromatic heterocycles. The first kappa shape index (κ1) is 24.1. The van der Waals surface area contributed by atoms with Crippen molar-refractivity contribution in [3.8, 4) is 5.75 Å². The molecule has 0 amide bonds. The van der Waals surface area contributed by atoms with Crippen molar-refractivity contribution in [2.45, 2.75) is 51.1 Å². The van der Waals surface area contributed by atoms with Crippen LogP contribution < -0.4 is 4.74 Å². The summed E-state index contributed by atoms with van der Waals surface area (Å²) in [5.74, 6) is 0.885. The molecule has 0 aliphatic heterocycles. The average Bonchev–Trinajstić information content (AvgIpc) is 2.67. The number of nitrogens with zero attached hydrogens (tertiary/aromatic N) is 2. The molecule has 1 aromatic carbocycles. The Bertz CT molecular complexity index is 598. The number of allylic oxidation sites excluding steroid dienone is 1. The lowest BCUT2D eigenvalue weighted by atomic mass is 10.0. The maximum absolute atomic E-state index is 11.4. The Morgan fingerprint density at radius 2 is 1.86 bits per heavy atom. The first-order valence-corrected chi connectivity index (χ1v) is 10.3. The van der Waals surface area contributed by atoms with Gasteiger partial charge >= 0.3 is 0 Å². The summed E-state index contributed by atoms with van der Waals surface area (Å²) in [5.41, 5.74) is 2.21. The molecule has 0 N–H and O–H groups in total. The second-order valence-corrected chi connectivity index (χ2v) is 7.62. The van der Waals surface area contributed by atoms with Crippen molar-refractivity contribution < 1.29 is 9.53 Å². The van der Waals surface area contributed by atoms with Crippen molar-refractivity contribution in [3.05, 3.63) is 48.6 Å². The van der Waals surface area contributed by atoms with Gasteiger partial charge in [-0.05, 0) is 76.6 Å². The van der Waals surface area contributed by atoms with Gasteiger partial charge in [0.2, 0.25) is 0 Å². The molecule has 156 valence electrons. The minimum atomic E-state index is -0.109. The highest BCUT2D eigenvalue weighted by Crippen LogP contribution is 2.22. The summed E-state index contributed by atoms with van der Waals surface area (Å²) in [6, 6.07) is 6.01. The zero-order valence-electron chi connectivity index (χ0n) is 18.0. The summed E-state index contributed by atoms with van der Waals surface area (Å²) in [6.45, 7) is 10.2. The molecule has 1 atom stereocenters. The highest BCUT2D eigenvalue weighted by Gasteiger charge is 2.15. The lowest BCUT2D eigenvalue weighted by Gasteiger charge is -2.24. The number of carbonyl (C=O) groups excluding carboxylic acids is 1. The predicted octanol–water partition coefficient (Wildman–Crippen LogP) is 4.80. The smallest absolute Gasteiger partial charge is 0.137 e. The first-order valence-electron chi connectivity index (χ1n) is 10.3. The minimum absolute atomic E-state index is 0.109. The molecule has 4 heteroatoms. The van der Waals surface area contributed by atoms with Crippen LogP contribution in [-0.4, -0.2) is 56.4 Å². The van der Waals surface area contributed by atoms with Gasteiger partial charge in [0.15, 0.2) is 0 Å². The number of benzene rings is 1. The van der Waals surface area contributed by atoms with E-state index >= 15 is 0 Å². The normalized spacial score (nSPS) is 12.2. The maximum atomic E-state index is 11.4. The molecule has 0 bridgehead atoms. The van der Waals surface area contributed by atoms with Crippen LogP contribution in [0.3, 0.4) is 0 Å². The van der Waals surface area contributed by atoms with Gasteiger partial charge in [-0.25, -0.2) is 0 Å². The summed E-state index contributed by atoms with van der Waals surface area (Å²) in [5, 5.41) is 0. The number of hydrogen-bond donors (Lipinski definition) is 0. The van der Waals surface area contributed by atoms with Gasteiger partial charge < -0.3 is 14.4 Å². The van der Waals surface area contributed by atoms with E-state index in [1.54, 1.807) is 0 Å². The average molecular weight is 387 g/mol. The molecule has 0 aliphatic carbocycles. The molecule has 28 heavy (non-hydrogen) atoms. The minimum Gasteiger partial charge on any atom is -0.494 e. The number of likely N-dealkylation sites (N-methyl/N-ethyl adjacent to an activating group) is 1. The Labute approximate surface area is 171 Å². The third kappa shape index (κ3) is 9.34. The summed E-state index contributed by atoms with van der Waals surface area (Å²) >= 11 is 0. The molecule has 1 rings (SSSR count). The van der Waals surface area contributed by atoms with Gasteiger partial charge in [0.05, 0.1) is 12.6 Å². The number of unbranched alkanes of at least 4 members (excludes halogenated alkanes) is 3. The van der Waals surface area contributed by atoms with E-state index in [0.717, 1.165) is 55.6 Å². The predicted molar refractivity (Wildman–Crippen MR) is 120 cm³/mol. The number of aldehydes is 1. The van der Waals surface area contributed by atoms with Crippen LogP contribution in [0.5, 0.6) is 5.75 Å². The van der Waals surface area contributed by atoms with Crippen LogP contribution in [-0.2, 0) is 11.3 Å². The van der Waals surface area contributed by atoms with Gasteiger partial charge in [0.1, 0.15) is 12.0 Å². The second kappa shape index (κ2) is 14.1. The SMILES string of the molecule is C=CCCC(C=O)N(C)Cc1cc(OCCCCCCN(C)C)ccc1C=C. The van der Waals surface area contributed by atoms with Gasteiger partial charge in [-0.2, -0.15) is 0 Å². The fourth-order valence-corrected chi connectivity index (χ4v) is 3.15. The van der Waals surface area contributed by atoms with E-state index in [4.69, 9.17) is 4.74 Å². The van der Waals surface area contributed by atoms with Crippen molar-refractivity contribution in [1.29, 1.82) is 0 Å². The molecule has 0 heterocycles. The number of carbonyl (C=O) groups is 1. The van der Waals surface area contributed by atoms with E-state index in [0.29, 0.717) is 6.54 Å². The van der Waals surface area contributed by atoms with Crippen molar-refractivity contribution in [1.82, 2.24) is 9.80 Å². The second-order valence-electron chi connectivity index (χ2n) is 7.62. The Morgan fingerprint density at radius 1 is 1.11 bits per heavy atom. The van der Waals surface area contributed by atoms with Gasteiger partial charge in [-0.15, -0.1) is 6.58 Å². The van der Waals surface area contributed by atoms with E-state index < -0.39 is 0 Å². The highest BCUT2D eigenvalue weighted by molar-refractivity contribution is 5.58. The molecule has 1 aromatic rings. The molecule has 4 nitrogen and oxygen atoms in total. The number of rotatable bonds is 16. The third-order valence-electron chi connectivity index (χ3n) is 4.91. The van der Waals surface area contributed by atoms with Crippen LogP contribution in [0.25, 0.3) is 6.08 Å². The third-order valence-corrected chi connectivity index (χ3v) is 4.91. The lowest BCUT2D eigenvalue weighted by molar-refractivity contribution is -0.112. The number of ether oxygens (including phenoxy) is 1. The van der Waals surface area contributed by atoms with Crippen molar-refractivity contribution in [2.24, 2.45) is 0 Å². The quantitative estimate of drug-likeness (QED) is 0.232. The molecule has 1 unspecified atom stereocenters. The summed E-state index contributed by atoms with van der Waals surface area (Å²) in [7, 11) is 6.21. The number of hydrogen-bond acceptors (Lipinski definition) is 4. The zero-order chi connectivity index (χ0) is 20.8. The van der Waals surface area contributed by atoms with E-state index in [2.05, 4.69) is 43.1 Å². The van der Waals surface area contributed by atoms with E-state index in [1.807, 2.05) is 31.3 Å². The summed E-state index contributed by atoms with van der Waals surface area (Å²) in [6.07, 6.45) is 11.1. The van der Waals surface area contributed by atoms with Crippen molar-refractivity contribution >= 4 is 12.4 Å². The van der Waals surface area contributed by atoms with Crippen molar-refractivity contribution in [3.63, 3.8) is 0 Å². The lowest BCUT2D eigenvalue weighted by Crippen LogP contribution is -2.32. The van der Waals surface area contributed by atoms with Crippen LogP contribution in [0.15, 0.2) is 37.4 Å². The first-order chi connectivity index (χ1) is 13.5. The van der Waals surface area contributed by atoms with Gasteiger partial charge in [-0.1, -0.05) is 37.6 Å². The van der Waals surface area contributed by atoms with Crippen LogP contribution in [0.4, 0.5) is 0 Å². The molecule has 0 saturated carbocycles. The van der Waals surface area contributed by atoms with Crippen molar-refractivity contribution in [2.75, 3.05) is 34.3 Å². The van der Waals surface area contributed by atoms with Crippen LogP contribution in [0, 0.1) is 0 Å². The fourth-order valence-electron chi connectivity index (χ4n) is 3.15. The molecule has 0 radical (unpaired) electrons. The zero-order valence-corrected chi connectivity index (χ0v) is 18.0. The molecule has 0 fully saturated rings. The Kier molecular flexibility index (Phi) is 12.2. The molecule has 0 saturated heterocycles. The Balaban J connectivity index is 2.56. The molecule has 0 aliphatic rings. The van der Waals surface area contributed by atoms with E-state index in [1.165, 1.54) is 19.3 Å². The van der Waals surface area contributed by atoms with Gasteiger partial charge in [-0.3, -0.25) is 4.90 Å². The molecule has 0 spiro atoms. The van der Waals surface area contributed by atoms with E-state index in [-0.39, 0.29) is 6.04 Å². The van der Waals surface area contributed by atoms with Gasteiger partial charge in [0, 0.05) is 6.54 Å².